The van der Waals surface area contributed by atoms with Crippen molar-refractivity contribution in [3.8, 4) is 0 Å². The van der Waals surface area contributed by atoms with Crippen LogP contribution in [0.2, 0.25) is 0 Å². The molecule has 4 nitrogen and oxygen atoms in total. The second kappa shape index (κ2) is 3.95. The van der Waals surface area contributed by atoms with Gasteiger partial charge in [-0.05, 0) is 52.5 Å². The summed E-state index contributed by atoms with van der Waals surface area (Å²) in [6.45, 7) is 2.17. The minimum atomic E-state index is -0.141. The summed E-state index contributed by atoms with van der Waals surface area (Å²) in [5.74, 6) is 0.396. The van der Waals surface area contributed by atoms with E-state index in [4.69, 9.17) is 0 Å². The summed E-state index contributed by atoms with van der Waals surface area (Å²) in [5, 5.41) is 3.54. The zero-order valence-corrected chi connectivity index (χ0v) is 12.1. The van der Waals surface area contributed by atoms with Crippen molar-refractivity contribution >= 4 is 5.91 Å². The molecular formula is C15H25N3O. The number of fused-ring (bicyclic) bond motifs is 2. The van der Waals surface area contributed by atoms with Crippen LogP contribution in [0.4, 0.5) is 0 Å². The number of nitrogens with one attached hydrogen (secondary N) is 1. The fourth-order valence-corrected chi connectivity index (χ4v) is 4.73. The smallest absolute Gasteiger partial charge is 0.244 e. The van der Waals surface area contributed by atoms with Crippen LogP contribution < -0.4 is 5.32 Å². The van der Waals surface area contributed by atoms with Crippen LogP contribution in [-0.2, 0) is 4.79 Å². The molecule has 1 spiro atoms. The van der Waals surface area contributed by atoms with Gasteiger partial charge in [0.2, 0.25) is 5.91 Å². The molecule has 0 radical (unpaired) electrons. The molecule has 4 fully saturated rings. The van der Waals surface area contributed by atoms with Gasteiger partial charge < -0.3 is 9.80 Å². The maximum absolute atomic E-state index is 12.7. The molecule has 106 valence electrons. The number of hydrogen-bond acceptors (Lipinski definition) is 3. The monoisotopic (exact) mass is 263 g/mol. The van der Waals surface area contributed by atoms with Crippen molar-refractivity contribution in [2.24, 2.45) is 0 Å². The highest BCUT2D eigenvalue weighted by atomic mass is 16.2. The van der Waals surface area contributed by atoms with E-state index in [1.165, 1.54) is 32.1 Å². The first-order chi connectivity index (χ1) is 9.11. The van der Waals surface area contributed by atoms with Gasteiger partial charge in [-0.25, -0.2) is 0 Å². The Labute approximate surface area is 115 Å². The first-order valence-electron chi connectivity index (χ1n) is 7.93. The summed E-state index contributed by atoms with van der Waals surface area (Å²) < 4.78 is 0. The molecule has 0 aromatic carbocycles. The van der Waals surface area contributed by atoms with Crippen molar-refractivity contribution in [2.45, 2.75) is 81.7 Å². The summed E-state index contributed by atoms with van der Waals surface area (Å²) >= 11 is 0. The highest BCUT2D eigenvalue weighted by Crippen LogP contribution is 2.45. The molecule has 1 aliphatic carbocycles. The largest absolute Gasteiger partial charge is 0.323 e. The molecule has 3 aliphatic heterocycles. The molecule has 3 atom stereocenters. The van der Waals surface area contributed by atoms with Gasteiger partial charge in [0.25, 0.3) is 0 Å². The first-order valence-corrected chi connectivity index (χ1v) is 7.93. The van der Waals surface area contributed by atoms with Gasteiger partial charge in [0.15, 0.2) is 0 Å². The predicted molar refractivity (Wildman–Crippen MR) is 73.6 cm³/mol. The SMILES string of the molecule is CC1NC2(CC2)C(=O)N1C1CC2CCCC(C1)N2C. The molecule has 4 heteroatoms. The van der Waals surface area contributed by atoms with E-state index in [0.717, 1.165) is 12.8 Å². The van der Waals surface area contributed by atoms with E-state index in [1.54, 1.807) is 0 Å². The summed E-state index contributed by atoms with van der Waals surface area (Å²) in [6, 6.07) is 1.88. The molecule has 1 saturated carbocycles. The number of piperidine rings is 2. The van der Waals surface area contributed by atoms with Gasteiger partial charge in [-0.15, -0.1) is 0 Å². The topological polar surface area (TPSA) is 35.6 Å². The van der Waals surface area contributed by atoms with E-state index in [0.29, 0.717) is 24.0 Å². The number of nitrogens with zero attached hydrogens (tertiary/aromatic N) is 2. The van der Waals surface area contributed by atoms with Crippen molar-refractivity contribution in [3.05, 3.63) is 0 Å². The van der Waals surface area contributed by atoms with Gasteiger partial charge in [0.1, 0.15) is 0 Å². The molecule has 19 heavy (non-hydrogen) atoms. The Balaban J connectivity index is 1.55. The van der Waals surface area contributed by atoms with Crippen LogP contribution in [0.1, 0.15) is 51.9 Å². The van der Waals surface area contributed by atoms with Crippen LogP contribution in [0.3, 0.4) is 0 Å². The number of hydrogen-bond donors (Lipinski definition) is 1. The van der Waals surface area contributed by atoms with Gasteiger partial charge in [-0.2, -0.15) is 0 Å². The molecular weight excluding hydrogens is 238 g/mol. The fraction of sp³-hybridized carbons (Fsp3) is 0.933. The lowest BCUT2D eigenvalue weighted by Crippen LogP contribution is -2.57. The number of amides is 1. The van der Waals surface area contributed by atoms with Gasteiger partial charge in [0.05, 0.1) is 11.7 Å². The predicted octanol–water partition coefficient (Wildman–Crippen LogP) is 1.31. The fourth-order valence-electron chi connectivity index (χ4n) is 4.73. The minimum absolute atomic E-state index is 0.141. The Bertz CT molecular complexity index is 392. The third-order valence-corrected chi connectivity index (χ3v) is 6.00. The van der Waals surface area contributed by atoms with Crippen LogP contribution in [0, 0.1) is 0 Å². The van der Waals surface area contributed by atoms with Crippen LogP contribution in [0.15, 0.2) is 0 Å². The summed E-state index contributed by atoms with van der Waals surface area (Å²) in [4.78, 5) is 17.4. The third-order valence-electron chi connectivity index (χ3n) is 6.00. The molecule has 4 aliphatic rings. The van der Waals surface area contributed by atoms with Gasteiger partial charge in [-0.3, -0.25) is 10.1 Å². The summed E-state index contributed by atoms with van der Waals surface area (Å²) in [7, 11) is 2.28. The van der Waals surface area contributed by atoms with Crippen molar-refractivity contribution in [1.82, 2.24) is 15.1 Å². The van der Waals surface area contributed by atoms with E-state index < -0.39 is 0 Å². The van der Waals surface area contributed by atoms with Crippen molar-refractivity contribution in [3.63, 3.8) is 0 Å². The molecule has 1 amide bonds. The molecule has 3 unspecified atom stereocenters. The average Bonchev–Trinajstić information content (AvgIpc) is 3.06. The highest BCUT2D eigenvalue weighted by Gasteiger charge is 2.59. The molecule has 3 heterocycles. The van der Waals surface area contributed by atoms with E-state index in [9.17, 15) is 4.79 Å². The lowest BCUT2D eigenvalue weighted by atomic mass is 9.81. The standard InChI is InChI=1S/C15H25N3O/c1-10-16-15(6-7-15)14(19)18(10)13-8-11-4-3-5-12(9-13)17(11)2/h10-13,16H,3-9H2,1-2H3. The normalized spacial score (nSPS) is 44.9. The highest BCUT2D eigenvalue weighted by molar-refractivity contribution is 5.92. The van der Waals surface area contributed by atoms with Crippen molar-refractivity contribution in [2.75, 3.05) is 7.05 Å². The maximum Gasteiger partial charge on any atom is 0.244 e. The van der Waals surface area contributed by atoms with E-state index in [-0.39, 0.29) is 11.7 Å². The average molecular weight is 263 g/mol. The van der Waals surface area contributed by atoms with Crippen molar-refractivity contribution in [1.29, 1.82) is 0 Å². The van der Waals surface area contributed by atoms with E-state index in [1.807, 2.05) is 0 Å². The van der Waals surface area contributed by atoms with Gasteiger partial charge in [0, 0.05) is 18.1 Å². The summed E-state index contributed by atoms with van der Waals surface area (Å²) in [5.41, 5.74) is -0.141. The van der Waals surface area contributed by atoms with Crippen LogP contribution in [0.5, 0.6) is 0 Å². The lowest BCUT2D eigenvalue weighted by Gasteiger charge is -2.49. The second-order valence-electron chi connectivity index (χ2n) is 7.14. The Morgan fingerprint density at radius 1 is 1.16 bits per heavy atom. The van der Waals surface area contributed by atoms with Gasteiger partial charge in [-0.1, -0.05) is 6.42 Å². The zero-order chi connectivity index (χ0) is 13.2. The van der Waals surface area contributed by atoms with Crippen LogP contribution in [0.25, 0.3) is 0 Å². The molecule has 1 N–H and O–H groups in total. The molecule has 0 aromatic rings. The number of rotatable bonds is 1. The quantitative estimate of drug-likeness (QED) is 0.775. The molecule has 0 aromatic heterocycles. The van der Waals surface area contributed by atoms with Crippen molar-refractivity contribution < 1.29 is 4.79 Å². The Hall–Kier alpha value is -0.610. The third kappa shape index (κ3) is 1.69. The van der Waals surface area contributed by atoms with Crippen LogP contribution in [-0.4, -0.2) is 52.6 Å². The molecule has 3 saturated heterocycles. The zero-order valence-electron chi connectivity index (χ0n) is 12.1. The Kier molecular flexibility index (Phi) is 2.53. The lowest BCUT2D eigenvalue weighted by molar-refractivity contribution is -0.135. The molecule has 2 bridgehead atoms. The number of carbonyl (C=O) groups is 1. The van der Waals surface area contributed by atoms with Gasteiger partial charge >= 0.3 is 0 Å². The number of carbonyl (C=O) groups excluding carboxylic acids is 1. The first kappa shape index (κ1) is 12.2. The Morgan fingerprint density at radius 2 is 1.79 bits per heavy atom. The van der Waals surface area contributed by atoms with E-state index >= 15 is 0 Å². The Morgan fingerprint density at radius 3 is 2.32 bits per heavy atom. The summed E-state index contributed by atoms with van der Waals surface area (Å²) in [6.07, 6.45) is 8.71. The van der Waals surface area contributed by atoms with E-state index in [2.05, 4.69) is 29.1 Å². The minimum Gasteiger partial charge on any atom is -0.323 e. The maximum atomic E-state index is 12.7. The van der Waals surface area contributed by atoms with Crippen LogP contribution >= 0.6 is 0 Å². The molecule has 4 rings (SSSR count). The second-order valence-corrected chi connectivity index (χ2v) is 7.14.